The van der Waals surface area contributed by atoms with Gasteiger partial charge in [0, 0.05) is 6.42 Å². The van der Waals surface area contributed by atoms with Crippen LogP contribution in [0.2, 0.25) is 0 Å². The predicted molar refractivity (Wildman–Crippen MR) is 45.4 cm³/mol. The first kappa shape index (κ1) is 11.4. The van der Waals surface area contributed by atoms with Gasteiger partial charge >= 0.3 is 0 Å². The van der Waals surface area contributed by atoms with E-state index in [1.54, 1.807) is 0 Å². The second-order valence-corrected chi connectivity index (χ2v) is 2.66. The summed E-state index contributed by atoms with van der Waals surface area (Å²) >= 11 is 0. The summed E-state index contributed by atoms with van der Waals surface area (Å²) in [5, 5.41) is 0. The molecule has 0 aromatic carbocycles. The lowest BCUT2D eigenvalue weighted by Crippen LogP contribution is -1.83. The molecule has 0 bridgehead atoms. The van der Waals surface area contributed by atoms with Gasteiger partial charge in [-0.05, 0) is 6.92 Å². The molecule has 9 heavy (non-hydrogen) atoms. The van der Waals surface area contributed by atoms with Gasteiger partial charge in [0.15, 0.2) is 0 Å². The van der Waals surface area contributed by atoms with Crippen LogP contribution < -0.4 is 0 Å². The molecule has 0 saturated carbocycles. The Labute approximate surface area is 60.0 Å². The quantitative estimate of drug-likeness (QED) is 0.401. The van der Waals surface area contributed by atoms with Crippen LogP contribution in [0.1, 0.15) is 41.0 Å². The van der Waals surface area contributed by atoms with Crippen molar-refractivity contribution in [3.63, 3.8) is 0 Å². The van der Waals surface area contributed by atoms with Gasteiger partial charge in [-0.15, -0.1) is 0 Å². The standard InChI is InChI=1S/C8H15.CH4/c1-7(2)5-6-8(3)4;/h1,5-6H2,2-4H3;1H4/q+1;. The van der Waals surface area contributed by atoms with Crippen LogP contribution in [0, 0.1) is 5.92 Å². The molecule has 0 aromatic heterocycles. The van der Waals surface area contributed by atoms with Crippen molar-refractivity contribution in [1.82, 2.24) is 0 Å². The zero-order chi connectivity index (χ0) is 6.57. The van der Waals surface area contributed by atoms with Crippen molar-refractivity contribution in [1.29, 1.82) is 0 Å². The van der Waals surface area contributed by atoms with Crippen LogP contribution in [0.15, 0.2) is 12.2 Å². The van der Waals surface area contributed by atoms with Crippen LogP contribution in [0.4, 0.5) is 0 Å². The molecular formula is C9H19+. The minimum Gasteiger partial charge on any atom is -0.1000 e. The molecule has 0 spiro atoms. The molecule has 54 valence electrons. The monoisotopic (exact) mass is 127 g/mol. The van der Waals surface area contributed by atoms with Gasteiger partial charge in [-0.1, -0.05) is 19.6 Å². The highest BCUT2D eigenvalue weighted by Crippen LogP contribution is 2.09. The molecule has 0 aliphatic carbocycles. The van der Waals surface area contributed by atoms with E-state index in [2.05, 4.69) is 27.4 Å². The Kier molecular flexibility index (Phi) is 7.28. The van der Waals surface area contributed by atoms with Gasteiger partial charge < -0.3 is 0 Å². The fourth-order valence-electron chi connectivity index (χ4n) is 0.463. The van der Waals surface area contributed by atoms with E-state index >= 15 is 0 Å². The second-order valence-electron chi connectivity index (χ2n) is 2.66. The molecule has 0 heteroatoms. The summed E-state index contributed by atoms with van der Waals surface area (Å²) in [5.41, 5.74) is 1.28. The van der Waals surface area contributed by atoms with Gasteiger partial charge in [0.1, 0.15) is 0 Å². The first-order valence-corrected chi connectivity index (χ1v) is 3.06. The van der Waals surface area contributed by atoms with E-state index in [0.717, 1.165) is 6.42 Å². The number of rotatable bonds is 3. The number of allylic oxidation sites excluding steroid dienone is 1. The zero-order valence-electron chi connectivity index (χ0n) is 6.12. The molecule has 0 aromatic rings. The maximum atomic E-state index is 3.81. The Hall–Kier alpha value is -0.390. The zero-order valence-corrected chi connectivity index (χ0v) is 6.12. The van der Waals surface area contributed by atoms with Crippen molar-refractivity contribution in [2.24, 2.45) is 0 Å². The van der Waals surface area contributed by atoms with E-state index in [1.807, 2.05) is 0 Å². The topological polar surface area (TPSA) is 0 Å². The van der Waals surface area contributed by atoms with E-state index in [4.69, 9.17) is 0 Å². The van der Waals surface area contributed by atoms with Crippen LogP contribution in [0.5, 0.6) is 0 Å². The molecule has 0 saturated heterocycles. The van der Waals surface area contributed by atoms with E-state index in [9.17, 15) is 0 Å². The summed E-state index contributed by atoms with van der Waals surface area (Å²) in [4.78, 5) is 0. The van der Waals surface area contributed by atoms with Crippen molar-refractivity contribution < 1.29 is 0 Å². The molecular weight excluding hydrogens is 108 g/mol. The molecule has 0 atom stereocenters. The highest BCUT2D eigenvalue weighted by atomic mass is 14.0. The molecule has 0 fully saturated rings. The summed E-state index contributed by atoms with van der Waals surface area (Å²) in [6.45, 7) is 10.2. The predicted octanol–water partition coefficient (Wildman–Crippen LogP) is 3.59. The van der Waals surface area contributed by atoms with E-state index in [-0.39, 0.29) is 7.43 Å². The third-order valence-electron chi connectivity index (χ3n) is 1.05. The van der Waals surface area contributed by atoms with Crippen LogP contribution in [0.3, 0.4) is 0 Å². The lowest BCUT2D eigenvalue weighted by molar-refractivity contribution is 0.824. The minimum atomic E-state index is 0. The lowest BCUT2D eigenvalue weighted by Gasteiger charge is -1.92. The average molecular weight is 127 g/mol. The maximum absolute atomic E-state index is 3.81. The number of hydrogen-bond acceptors (Lipinski definition) is 0. The average Bonchev–Trinajstić information content (AvgIpc) is 1.61. The summed E-state index contributed by atoms with van der Waals surface area (Å²) in [7, 11) is 0. The molecule has 0 aliphatic rings. The van der Waals surface area contributed by atoms with E-state index in [1.165, 1.54) is 17.9 Å². The highest BCUT2D eigenvalue weighted by Gasteiger charge is 2.01. The molecule has 0 amide bonds. The molecule has 0 rings (SSSR count). The Morgan fingerprint density at radius 2 is 1.89 bits per heavy atom. The van der Waals surface area contributed by atoms with Gasteiger partial charge in [-0.25, -0.2) is 0 Å². The van der Waals surface area contributed by atoms with Gasteiger partial charge in [-0.2, -0.15) is 0 Å². The first-order valence-electron chi connectivity index (χ1n) is 3.06. The number of hydrogen-bond donors (Lipinski definition) is 0. The van der Waals surface area contributed by atoms with Gasteiger partial charge in [-0.3, -0.25) is 0 Å². The molecule has 0 unspecified atom stereocenters. The third-order valence-corrected chi connectivity index (χ3v) is 1.05. The van der Waals surface area contributed by atoms with E-state index in [0.29, 0.717) is 0 Å². The summed E-state index contributed by atoms with van der Waals surface area (Å²) < 4.78 is 0. The molecule has 0 aliphatic heterocycles. The molecule has 0 nitrogen and oxygen atoms in total. The molecule has 0 N–H and O–H groups in total. The highest BCUT2D eigenvalue weighted by molar-refractivity contribution is 4.92. The Balaban J connectivity index is 0. The van der Waals surface area contributed by atoms with Gasteiger partial charge in [0.05, 0.1) is 26.2 Å². The summed E-state index contributed by atoms with van der Waals surface area (Å²) in [6.07, 6.45) is 2.36. The Bertz CT molecular complexity index is 70.1. The lowest BCUT2D eigenvalue weighted by atomic mass is 10.1. The summed E-state index contributed by atoms with van der Waals surface area (Å²) in [5.74, 6) is 1.49. The Morgan fingerprint density at radius 3 is 2.00 bits per heavy atom. The third kappa shape index (κ3) is 11.3. The largest absolute Gasteiger partial charge is 0.1000 e. The van der Waals surface area contributed by atoms with Crippen molar-refractivity contribution in [2.75, 3.05) is 0 Å². The second kappa shape index (κ2) is 5.74. The summed E-state index contributed by atoms with van der Waals surface area (Å²) in [6, 6.07) is 0. The molecule has 0 heterocycles. The van der Waals surface area contributed by atoms with Crippen molar-refractivity contribution in [3.8, 4) is 0 Å². The van der Waals surface area contributed by atoms with Crippen molar-refractivity contribution in [2.45, 2.75) is 41.0 Å². The van der Waals surface area contributed by atoms with Gasteiger partial charge in [0.2, 0.25) is 0 Å². The Morgan fingerprint density at radius 1 is 1.44 bits per heavy atom. The minimum absolute atomic E-state index is 0. The van der Waals surface area contributed by atoms with Crippen molar-refractivity contribution >= 4 is 0 Å². The smallest absolute Gasteiger partial charge is 0.0931 e. The molecule has 0 radical (unpaired) electrons. The van der Waals surface area contributed by atoms with Crippen LogP contribution in [-0.4, -0.2) is 0 Å². The normalized spacial score (nSPS) is 7.89. The van der Waals surface area contributed by atoms with Crippen LogP contribution in [0.25, 0.3) is 0 Å². The van der Waals surface area contributed by atoms with Gasteiger partial charge in [0.25, 0.3) is 0 Å². The maximum Gasteiger partial charge on any atom is 0.0931 e. The van der Waals surface area contributed by atoms with Crippen LogP contribution in [-0.2, 0) is 0 Å². The van der Waals surface area contributed by atoms with Crippen LogP contribution >= 0.6 is 0 Å². The first-order chi connectivity index (χ1) is 3.63. The van der Waals surface area contributed by atoms with Crippen molar-refractivity contribution in [3.05, 3.63) is 18.1 Å². The SMILES string of the molecule is C.C=C(C)CC[C+](C)C. The fourth-order valence-corrected chi connectivity index (χ4v) is 0.463. The fraction of sp³-hybridized carbons (Fsp3) is 0.667. The van der Waals surface area contributed by atoms with E-state index < -0.39 is 0 Å².